The zero-order chi connectivity index (χ0) is 17.2. The van der Waals surface area contributed by atoms with Crippen molar-refractivity contribution in [3.8, 4) is 0 Å². The minimum Gasteiger partial charge on any atom is -0.334 e. The first-order chi connectivity index (χ1) is 12.2. The van der Waals surface area contributed by atoms with Gasteiger partial charge in [0.15, 0.2) is 0 Å². The molecule has 4 nitrogen and oxygen atoms in total. The molecule has 0 bridgehead atoms. The lowest BCUT2D eigenvalue weighted by molar-refractivity contribution is 0.0664. The Morgan fingerprint density at radius 3 is 2.52 bits per heavy atom. The molecule has 0 aliphatic carbocycles. The number of amides is 1. The molecule has 0 unspecified atom stereocenters. The molecule has 3 aliphatic rings. The molecular formula is C21H31N3O. The summed E-state index contributed by atoms with van der Waals surface area (Å²) < 4.78 is 0. The first-order valence-corrected chi connectivity index (χ1v) is 10.0. The maximum Gasteiger partial charge on any atom is 0.254 e. The summed E-state index contributed by atoms with van der Waals surface area (Å²) in [6.07, 6.45) is 7.43. The van der Waals surface area contributed by atoms with Gasteiger partial charge < -0.3 is 9.80 Å². The van der Waals surface area contributed by atoms with E-state index in [1.807, 2.05) is 6.07 Å². The van der Waals surface area contributed by atoms with E-state index in [1.54, 1.807) is 0 Å². The first-order valence-electron chi connectivity index (χ1n) is 10.0. The summed E-state index contributed by atoms with van der Waals surface area (Å²) in [5.74, 6) is 0.242. The van der Waals surface area contributed by atoms with Crippen LogP contribution in [0.25, 0.3) is 0 Å². The highest BCUT2D eigenvalue weighted by Gasteiger charge is 2.38. The van der Waals surface area contributed by atoms with Crippen molar-refractivity contribution in [1.82, 2.24) is 14.7 Å². The van der Waals surface area contributed by atoms with Crippen LogP contribution in [0.5, 0.6) is 0 Å². The van der Waals surface area contributed by atoms with Crippen molar-refractivity contribution in [3.05, 3.63) is 35.4 Å². The van der Waals surface area contributed by atoms with Crippen molar-refractivity contribution in [2.45, 2.75) is 57.2 Å². The van der Waals surface area contributed by atoms with Gasteiger partial charge in [-0.25, -0.2) is 0 Å². The molecule has 3 aliphatic heterocycles. The average molecular weight is 341 g/mol. The molecule has 1 amide bonds. The van der Waals surface area contributed by atoms with Gasteiger partial charge in [0.05, 0.1) is 0 Å². The Kier molecular flexibility index (Phi) is 5.09. The molecule has 1 aromatic carbocycles. The predicted octanol–water partition coefficient (Wildman–Crippen LogP) is 2.98. The van der Waals surface area contributed by atoms with Gasteiger partial charge in [0.1, 0.15) is 0 Å². The monoisotopic (exact) mass is 341 g/mol. The summed E-state index contributed by atoms with van der Waals surface area (Å²) in [5, 5.41) is 0. The number of nitrogens with zero attached hydrogens (tertiary/aromatic N) is 3. The lowest BCUT2D eigenvalue weighted by Gasteiger charge is -2.33. The molecule has 0 N–H and O–H groups in total. The number of hydrogen-bond donors (Lipinski definition) is 0. The van der Waals surface area contributed by atoms with E-state index in [4.69, 9.17) is 0 Å². The fraction of sp³-hybridized carbons (Fsp3) is 0.667. The minimum absolute atomic E-state index is 0.242. The van der Waals surface area contributed by atoms with Crippen molar-refractivity contribution in [3.63, 3.8) is 0 Å². The van der Waals surface area contributed by atoms with Gasteiger partial charge in [0.25, 0.3) is 5.91 Å². The Balaban J connectivity index is 1.47. The molecule has 25 heavy (non-hydrogen) atoms. The summed E-state index contributed by atoms with van der Waals surface area (Å²) in [7, 11) is 2.22. The van der Waals surface area contributed by atoms with Crippen molar-refractivity contribution in [1.29, 1.82) is 0 Å². The minimum atomic E-state index is 0.242. The Morgan fingerprint density at radius 1 is 1.00 bits per heavy atom. The van der Waals surface area contributed by atoms with E-state index in [0.717, 1.165) is 31.5 Å². The standard InChI is InChI=1S/C21H31N3O/c1-22-11-5-9-19(22)20-10-6-14-24(20)21(25)18-8-4-7-17(15-18)16-23-12-2-3-13-23/h4,7-8,15,19-20H,2-3,5-6,9-14,16H2,1H3/t19-,20-/m0/s1. The van der Waals surface area contributed by atoms with Gasteiger partial charge >= 0.3 is 0 Å². The summed E-state index contributed by atoms with van der Waals surface area (Å²) >= 11 is 0. The van der Waals surface area contributed by atoms with Crippen LogP contribution in [0, 0.1) is 0 Å². The topological polar surface area (TPSA) is 26.8 Å². The molecule has 2 atom stereocenters. The Bertz CT molecular complexity index is 611. The Morgan fingerprint density at radius 2 is 1.76 bits per heavy atom. The summed E-state index contributed by atoms with van der Waals surface area (Å²) in [6, 6.07) is 9.33. The highest BCUT2D eigenvalue weighted by atomic mass is 16.2. The number of likely N-dealkylation sites (tertiary alicyclic amines) is 3. The van der Waals surface area contributed by atoms with E-state index in [1.165, 1.54) is 50.9 Å². The van der Waals surface area contributed by atoms with Crippen LogP contribution in [-0.4, -0.2) is 65.9 Å². The van der Waals surface area contributed by atoms with E-state index in [9.17, 15) is 4.79 Å². The number of rotatable bonds is 4. The first kappa shape index (κ1) is 17.0. The average Bonchev–Trinajstić information content (AvgIpc) is 3.35. The van der Waals surface area contributed by atoms with Gasteiger partial charge in [-0.3, -0.25) is 9.69 Å². The fourth-order valence-corrected chi connectivity index (χ4v) is 5.03. The van der Waals surface area contributed by atoms with Crippen molar-refractivity contribution >= 4 is 5.91 Å². The fourth-order valence-electron chi connectivity index (χ4n) is 5.03. The van der Waals surface area contributed by atoms with Crippen LogP contribution in [-0.2, 0) is 6.54 Å². The molecule has 3 fully saturated rings. The quantitative estimate of drug-likeness (QED) is 0.842. The molecule has 0 saturated carbocycles. The van der Waals surface area contributed by atoms with Gasteiger partial charge in [0, 0.05) is 30.7 Å². The maximum absolute atomic E-state index is 13.2. The molecular weight excluding hydrogens is 310 g/mol. The molecule has 4 heteroatoms. The second-order valence-corrected chi connectivity index (χ2v) is 8.08. The van der Waals surface area contributed by atoms with E-state index >= 15 is 0 Å². The summed E-state index contributed by atoms with van der Waals surface area (Å²) in [4.78, 5) is 20.3. The highest BCUT2D eigenvalue weighted by molar-refractivity contribution is 5.94. The van der Waals surface area contributed by atoms with Gasteiger partial charge in [-0.15, -0.1) is 0 Å². The van der Waals surface area contributed by atoms with E-state index < -0.39 is 0 Å². The van der Waals surface area contributed by atoms with E-state index in [-0.39, 0.29) is 5.91 Å². The second kappa shape index (κ2) is 7.46. The van der Waals surface area contributed by atoms with Crippen LogP contribution in [0.1, 0.15) is 54.4 Å². The molecule has 0 radical (unpaired) electrons. The molecule has 1 aromatic rings. The maximum atomic E-state index is 13.2. The molecule has 3 saturated heterocycles. The number of likely N-dealkylation sites (N-methyl/N-ethyl adjacent to an activating group) is 1. The molecule has 0 aromatic heterocycles. The number of carbonyl (C=O) groups is 1. The van der Waals surface area contributed by atoms with E-state index in [2.05, 4.69) is 39.9 Å². The van der Waals surface area contributed by atoms with Gasteiger partial charge in [-0.05, 0) is 82.9 Å². The van der Waals surface area contributed by atoms with Crippen LogP contribution in [0.4, 0.5) is 0 Å². The van der Waals surface area contributed by atoms with Crippen LogP contribution < -0.4 is 0 Å². The Labute approximate surface area is 151 Å². The molecule has 0 spiro atoms. The molecule has 136 valence electrons. The Hall–Kier alpha value is -1.39. The molecule has 3 heterocycles. The summed E-state index contributed by atoms with van der Waals surface area (Å²) in [5.41, 5.74) is 2.16. The smallest absolute Gasteiger partial charge is 0.254 e. The third-order valence-electron chi connectivity index (χ3n) is 6.36. The van der Waals surface area contributed by atoms with Crippen LogP contribution in [0.15, 0.2) is 24.3 Å². The third kappa shape index (κ3) is 3.61. The predicted molar refractivity (Wildman–Crippen MR) is 101 cm³/mol. The summed E-state index contributed by atoms with van der Waals surface area (Å²) in [6.45, 7) is 5.47. The third-order valence-corrected chi connectivity index (χ3v) is 6.36. The van der Waals surface area contributed by atoms with E-state index in [0.29, 0.717) is 12.1 Å². The lowest BCUT2D eigenvalue weighted by atomic mass is 10.0. The van der Waals surface area contributed by atoms with Crippen molar-refractivity contribution in [2.75, 3.05) is 33.2 Å². The van der Waals surface area contributed by atoms with Crippen LogP contribution in [0.3, 0.4) is 0 Å². The van der Waals surface area contributed by atoms with Crippen molar-refractivity contribution in [2.24, 2.45) is 0 Å². The normalized spacial score (nSPS) is 28.1. The highest BCUT2D eigenvalue weighted by Crippen LogP contribution is 2.30. The van der Waals surface area contributed by atoms with Crippen LogP contribution in [0.2, 0.25) is 0 Å². The number of benzene rings is 1. The van der Waals surface area contributed by atoms with Gasteiger partial charge in [0.2, 0.25) is 0 Å². The van der Waals surface area contributed by atoms with Gasteiger partial charge in [-0.2, -0.15) is 0 Å². The largest absolute Gasteiger partial charge is 0.334 e. The van der Waals surface area contributed by atoms with Crippen LogP contribution >= 0.6 is 0 Å². The zero-order valence-corrected chi connectivity index (χ0v) is 15.5. The van der Waals surface area contributed by atoms with Gasteiger partial charge in [-0.1, -0.05) is 12.1 Å². The number of carbonyl (C=O) groups excluding carboxylic acids is 1. The zero-order valence-electron chi connectivity index (χ0n) is 15.5. The second-order valence-electron chi connectivity index (χ2n) is 8.08. The SMILES string of the molecule is CN1CCC[C@H]1[C@@H]1CCCN1C(=O)c1cccc(CN2CCCC2)c1. The van der Waals surface area contributed by atoms with Crippen molar-refractivity contribution < 1.29 is 4.79 Å². The lowest BCUT2D eigenvalue weighted by Crippen LogP contribution is -2.47. The number of hydrogen-bond acceptors (Lipinski definition) is 3. The molecule has 4 rings (SSSR count).